The molecular formula is C21H26N2O3. The molecule has 0 aliphatic carbocycles. The average molecular weight is 354 g/mol. The van der Waals surface area contributed by atoms with Gasteiger partial charge in [-0.05, 0) is 31.0 Å². The molecule has 2 aromatic rings. The molecule has 0 aliphatic rings. The van der Waals surface area contributed by atoms with Gasteiger partial charge < -0.3 is 14.5 Å². The molecule has 0 radical (unpaired) electrons. The van der Waals surface area contributed by atoms with E-state index >= 15 is 0 Å². The molecule has 0 aromatic heterocycles. The van der Waals surface area contributed by atoms with Crippen LogP contribution in [0.4, 0.5) is 5.69 Å². The summed E-state index contributed by atoms with van der Waals surface area (Å²) in [5, 5.41) is 3.57. The smallest absolute Gasteiger partial charge is 0.272 e. The van der Waals surface area contributed by atoms with E-state index < -0.39 is 0 Å². The number of oxime groups is 1. The van der Waals surface area contributed by atoms with Crippen LogP contribution in [0.3, 0.4) is 0 Å². The highest BCUT2D eigenvalue weighted by Gasteiger charge is 2.16. The van der Waals surface area contributed by atoms with E-state index in [1.165, 1.54) is 18.9 Å². The van der Waals surface area contributed by atoms with Crippen molar-refractivity contribution in [3.05, 3.63) is 59.7 Å². The highest BCUT2D eigenvalue weighted by Crippen LogP contribution is 2.25. The zero-order valence-electron chi connectivity index (χ0n) is 15.6. The van der Waals surface area contributed by atoms with Crippen molar-refractivity contribution in [1.82, 2.24) is 0 Å². The lowest BCUT2D eigenvalue weighted by atomic mass is 10.1. The molecule has 0 bridgehead atoms. The summed E-state index contributed by atoms with van der Waals surface area (Å²) in [5.41, 5.74) is 2.96. The SMILES string of the molecule is CCCc1ccccc1OCc1ccccc1N(CC)C(=O)C=NOC. The van der Waals surface area contributed by atoms with Gasteiger partial charge in [-0.25, -0.2) is 0 Å². The Kier molecular flexibility index (Phi) is 7.68. The van der Waals surface area contributed by atoms with Gasteiger partial charge in [-0.3, -0.25) is 4.79 Å². The normalized spacial score (nSPS) is 10.7. The van der Waals surface area contributed by atoms with Gasteiger partial charge in [0.1, 0.15) is 25.7 Å². The van der Waals surface area contributed by atoms with E-state index in [1.807, 2.05) is 49.4 Å². The molecule has 0 heterocycles. The number of carbonyl (C=O) groups excluding carboxylic acids is 1. The highest BCUT2D eigenvalue weighted by atomic mass is 16.6. The summed E-state index contributed by atoms with van der Waals surface area (Å²) < 4.78 is 6.08. The first-order valence-corrected chi connectivity index (χ1v) is 8.87. The van der Waals surface area contributed by atoms with E-state index in [4.69, 9.17) is 4.74 Å². The van der Waals surface area contributed by atoms with Gasteiger partial charge in [0.2, 0.25) is 0 Å². The van der Waals surface area contributed by atoms with E-state index in [0.29, 0.717) is 13.2 Å². The Morgan fingerprint density at radius 1 is 1.08 bits per heavy atom. The summed E-state index contributed by atoms with van der Waals surface area (Å²) in [6.45, 7) is 4.99. The number of hydrogen-bond acceptors (Lipinski definition) is 4. The number of amides is 1. The number of nitrogens with zero attached hydrogens (tertiary/aromatic N) is 2. The lowest BCUT2D eigenvalue weighted by Crippen LogP contribution is -2.32. The molecule has 0 saturated heterocycles. The molecule has 0 fully saturated rings. The topological polar surface area (TPSA) is 51.1 Å². The van der Waals surface area contributed by atoms with Gasteiger partial charge >= 0.3 is 0 Å². The summed E-state index contributed by atoms with van der Waals surface area (Å²) in [6, 6.07) is 15.8. The molecule has 0 saturated carbocycles. The molecule has 1 amide bonds. The molecule has 0 aliphatic heterocycles. The average Bonchev–Trinajstić information content (AvgIpc) is 2.67. The molecule has 0 atom stereocenters. The Morgan fingerprint density at radius 2 is 1.77 bits per heavy atom. The molecule has 26 heavy (non-hydrogen) atoms. The van der Waals surface area contributed by atoms with Crippen molar-refractivity contribution in [2.24, 2.45) is 5.16 Å². The van der Waals surface area contributed by atoms with Gasteiger partial charge in [0.15, 0.2) is 0 Å². The molecule has 2 rings (SSSR count). The van der Waals surface area contributed by atoms with Crippen molar-refractivity contribution < 1.29 is 14.4 Å². The number of ether oxygens (including phenoxy) is 1. The fraction of sp³-hybridized carbons (Fsp3) is 0.333. The Balaban J connectivity index is 2.21. The van der Waals surface area contributed by atoms with Gasteiger partial charge in [-0.1, -0.05) is 54.9 Å². The van der Waals surface area contributed by atoms with E-state index in [0.717, 1.165) is 29.8 Å². The zero-order valence-corrected chi connectivity index (χ0v) is 15.6. The molecule has 0 spiro atoms. The lowest BCUT2D eigenvalue weighted by Gasteiger charge is -2.22. The fourth-order valence-corrected chi connectivity index (χ4v) is 2.78. The van der Waals surface area contributed by atoms with Gasteiger partial charge in [-0.2, -0.15) is 0 Å². The van der Waals surface area contributed by atoms with Crippen molar-refractivity contribution in [2.75, 3.05) is 18.6 Å². The number of rotatable bonds is 9. The number of hydrogen-bond donors (Lipinski definition) is 0. The third-order valence-electron chi connectivity index (χ3n) is 4.01. The van der Waals surface area contributed by atoms with Crippen LogP contribution in [0.15, 0.2) is 53.7 Å². The second-order valence-electron chi connectivity index (χ2n) is 5.77. The highest BCUT2D eigenvalue weighted by molar-refractivity contribution is 6.32. The molecule has 2 aromatic carbocycles. The maximum Gasteiger partial charge on any atom is 0.272 e. The van der Waals surface area contributed by atoms with Crippen LogP contribution in [0, 0.1) is 0 Å². The first-order valence-electron chi connectivity index (χ1n) is 8.87. The molecule has 138 valence electrons. The molecule has 0 unspecified atom stereocenters. The number of aryl methyl sites for hydroxylation is 1. The largest absolute Gasteiger partial charge is 0.489 e. The van der Waals surface area contributed by atoms with E-state index in [-0.39, 0.29) is 5.91 Å². The van der Waals surface area contributed by atoms with E-state index in [2.05, 4.69) is 23.0 Å². The predicted molar refractivity (Wildman–Crippen MR) is 105 cm³/mol. The fourth-order valence-electron chi connectivity index (χ4n) is 2.78. The van der Waals surface area contributed by atoms with Gasteiger partial charge in [0.05, 0.1) is 5.69 Å². The van der Waals surface area contributed by atoms with Crippen LogP contribution in [0.25, 0.3) is 0 Å². The molecule has 5 nitrogen and oxygen atoms in total. The predicted octanol–water partition coefficient (Wildman–Crippen LogP) is 4.20. The zero-order chi connectivity index (χ0) is 18.8. The van der Waals surface area contributed by atoms with Gasteiger partial charge in [0.25, 0.3) is 5.91 Å². The third-order valence-corrected chi connectivity index (χ3v) is 4.01. The summed E-state index contributed by atoms with van der Waals surface area (Å²) in [4.78, 5) is 18.6. The van der Waals surface area contributed by atoms with E-state index in [9.17, 15) is 4.79 Å². The number of benzene rings is 2. The maximum atomic E-state index is 12.4. The Labute approximate surface area is 155 Å². The number of para-hydroxylation sites is 2. The second kappa shape index (κ2) is 10.2. The number of carbonyl (C=O) groups is 1. The summed E-state index contributed by atoms with van der Waals surface area (Å²) in [6.07, 6.45) is 3.22. The third kappa shape index (κ3) is 5.09. The minimum absolute atomic E-state index is 0.229. The van der Waals surface area contributed by atoms with E-state index in [1.54, 1.807) is 4.90 Å². The lowest BCUT2D eigenvalue weighted by molar-refractivity contribution is -0.112. The Hall–Kier alpha value is -2.82. The second-order valence-corrected chi connectivity index (χ2v) is 5.77. The Bertz CT molecular complexity index is 744. The van der Waals surface area contributed by atoms with Crippen molar-refractivity contribution in [1.29, 1.82) is 0 Å². The molecule has 5 heteroatoms. The van der Waals surface area contributed by atoms with Crippen molar-refractivity contribution in [3.63, 3.8) is 0 Å². The standard InChI is InChI=1S/C21H26N2O3/c1-4-10-17-11-7-9-14-20(17)26-16-18-12-6-8-13-19(18)23(5-2)21(24)15-22-25-3/h6-9,11-15H,4-5,10,16H2,1-3H3. The summed E-state index contributed by atoms with van der Waals surface area (Å²) in [5.74, 6) is 0.660. The van der Waals surface area contributed by atoms with Crippen LogP contribution in [-0.4, -0.2) is 25.8 Å². The van der Waals surface area contributed by atoms with Gasteiger partial charge in [0, 0.05) is 12.1 Å². The molecular weight excluding hydrogens is 328 g/mol. The van der Waals surface area contributed by atoms with Crippen LogP contribution in [-0.2, 0) is 22.7 Å². The maximum absolute atomic E-state index is 12.4. The minimum Gasteiger partial charge on any atom is -0.489 e. The minimum atomic E-state index is -0.229. The Morgan fingerprint density at radius 3 is 2.46 bits per heavy atom. The van der Waals surface area contributed by atoms with Crippen molar-refractivity contribution in [2.45, 2.75) is 33.3 Å². The summed E-state index contributed by atoms with van der Waals surface area (Å²) in [7, 11) is 1.41. The van der Waals surface area contributed by atoms with Crippen molar-refractivity contribution >= 4 is 17.8 Å². The van der Waals surface area contributed by atoms with Crippen molar-refractivity contribution in [3.8, 4) is 5.75 Å². The van der Waals surface area contributed by atoms with Crippen LogP contribution < -0.4 is 9.64 Å². The first kappa shape index (κ1) is 19.5. The van der Waals surface area contributed by atoms with Crippen LogP contribution in [0.5, 0.6) is 5.75 Å². The monoisotopic (exact) mass is 354 g/mol. The summed E-state index contributed by atoms with van der Waals surface area (Å²) >= 11 is 0. The van der Waals surface area contributed by atoms with Crippen LogP contribution >= 0.6 is 0 Å². The van der Waals surface area contributed by atoms with Crippen LogP contribution in [0.2, 0.25) is 0 Å². The van der Waals surface area contributed by atoms with Gasteiger partial charge in [-0.15, -0.1) is 0 Å². The van der Waals surface area contributed by atoms with Crippen LogP contribution in [0.1, 0.15) is 31.4 Å². The quantitative estimate of drug-likeness (QED) is 0.501. The molecule has 0 N–H and O–H groups in total. The first-order chi connectivity index (χ1) is 12.7. The number of anilines is 1.